The number of phenolic OH excluding ortho intramolecular Hbond substituents is 1. The highest BCUT2D eigenvalue weighted by Crippen LogP contribution is 2.27. The largest absolute Gasteiger partial charge is 0.507 e. The quantitative estimate of drug-likeness (QED) is 0.373. The van der Waals surface area contributed by atoms with Gasteiger partial charge in [-0.2, -0.15) is 8.42 Å². The molecule has 3 rings (SSSR count). The molecule has 0 aliphatic heterocycles. The smallest absolute Gasteiger partial charge is 0.294 e. The first-order valence-electron chi connectivity index (χ1n) is 8.20. The number of aromatic hydroxyl groups is 1. The second-order valence-electron chi connectivity index (χ2n) is 5.92. The maximum atomic E-state index is 11.0. The first-order valence-corrected chi connectivity index (χ1v) is 9.64. The first kappa shape index (κ1) is 18.0. The van der Waals surface area contributed by atoms with Crippen LogP contribution in [0, 0.1) is 0 Å². The SMILES string of the molecule is O=S(=O)(O)c1ccc(NCCCNc2ccc3cccc(O)c3c2)cc1. The van der Waals surface area contributed by atoms with Crippen molar-refractivity contribution in [3.8, 4) is 5.75 Å². The zero-order valence-corrected chi connectivity index (χ0v) is 14.8. The monoisotopic (exact) mass is 372 g/mol. The molecule has 0 aliphatic rings. The summed E-state index contributed by atoms with van der Waals surface area (Å²) >= 11 is 0. The van der Waals surface area contributed by atoms with Gasteiger partial charge in [-0.3, -0.25) is 4.55 Å². The average Bonchev–Trinajstić information content (AvgIpc) is 2.62. The minimum Gasteiger partial charge on any atom is -0.507 e. The third kappa shape index (κ3) is 4.44. The van der Waals surface area contributed by atoms with E-state index in [0.29, 0.717) is 6.54 Å². The van der Waals surface area contributed by atoms with Crippen molar-refractivity contribution < 1.29 is 18.1 Å². The summed E-state index contributed by atoms with van der Waals surface area (Å²) in [4.78, 5) is -0.121. The van der Waals surface area contributed by atoms with Crippen molar-refractivity contribution in [2.75, 3.05) is 23.7 Å². The molecule has 3 aromatic carbocycles. The van der Waals surface area contributed by atoms with E-state index in [2.05, 4.69) is 10.6 Å². The molecule has 0 aromatic heterocycles. The van der Waals surface area contributed by atoms with E-state index in [-0.39, 0.29) is 10.6 Å². The lowest BCUT2D eigenvalue weighted by atomic mass is 10.1. The van der Waals surface area contributed by atoms with E-state index in [4.69, 9.17) is 4.55 Å². The number of fused-ring (bicyclic) bond motifs is 1. The molecular formula is C19H20N2O4S. The summed E-state index contributed by atoms with van der Waals surface area (Å²) < 4.78 is 30.9. The molecule has 136 valence electrons. The van der Waals surface area contributed by atoms with Crippen molar-refractivity contribution in [1.29, 1.82) is 0 Å². The molecule has 7 heteroatoms. The van der Waals surface area contributed by atoms with Crippen LogP contribution in [0.15, 0.2) is 65.6 Å². The lowest BCUT2D eigenvalue weighted by Crippen LogP contribution is -2.09. The van der Waals surface area contributed by atoms with Crippen LogP contribution >= 0.6 is 0 Å². The Hall–Kier alpha value is -2.77. The van der Waals surface area contributed by atoms with Crippen LogP contribution in [-0.2, 0) is 10.1 Å². The fourth-order valence-electron chi connectivity index (χ4n) is 2.66. The number of benzene rings is 3. The molecule has 0 fully saturated rings. The summed E-state index contributed by atoms with van der Waals surface area (Å²) in [5.74, 6) is 0.265. The standard InChI is InChI=1S/C19H20N2O4S/c22-19-4-1-3-14-5-6-16(13-18(14)19)21-12-2-11-20-15-7-9-17(10-8-15)26(23,24)25/h1,3-10,13,20-22H,2,11-12H2,(H,23,24,25). The first-order chi connectivity index (χ1) is 12.4. The highest BCUT2D eigenvalue weighted by Gasteiger charge is 2.08. The third-order valence-corrected chi connectivity index (χ3v) is 4.89. The minimum atomic E-state index is -4.15. The molecule has 26 heavy (non-hydrogen) atoms. The molecule has 0 spiro atoms. The summed E-state index contributed by atoms with van der Waals surface area (Å²) in [6, 6.07) is 17.3. The van der Waals surface area contributed by atoms with Crippen LogP contribution in [0.25, 0.3) is 10.8 Å². The van der Waals surface area contributed by atoms with Gasteiger partial charge in [-0.05, 0) is 54.3 Å². The van der Waals surface area contributed by atoms with Gasteiger partial charge < -0.3 is 15.7 Å². The van der Waals surface area contributed by atoms with Crippen LogP contribution in [0.5, 0.6) is 5.75 Å². The van der Waals surface area contributed by atoms with Crippen molar-refractivity contribution in [2.45, 2.75) is 11.3 Å². The molecule has 0 heterocycles. The molecule has 4 N–H and O–H groups in total. The van der Waals surface area contributed by atoms with Crippen LogP contribution in [0.2, 0.25) is 0 Å². The van der Waals surface area contributed by atoms with E-state index >= 15 is 0 Å². The fraction of sp³-hybridized carbons (Fsp3) is 0.158. The summed E-state index contributed by atoms with van der Waals surface area (Å²) in [5.41, 5.74) is 1.73. The average molecular weight is 372 g/mol. The van der Waals surface area contributed by atoms with Gasteiger partial charge in [-0.15, -0.1) is 0 Å². The van der Waals surface area contributed by atoms with Crippen LogP contribution in [0.4, 0.5) is 11.4 Å². The van der Waals surface area contributed by atoms with Crippen LogP contribution < -0.4 is 10.6 Å². The molecular weight excluding hydrogens is 352 g/mol. The Bertz CT molecular complexity index is 1000. The van der Waals surface area contributed by atoms with Crippen LogP contribution in [-0.4, -0.2) is 31.2 Å². The van der Waals surface area contributed by atoms with E-state index in [1.54, 1.807) is 18.2 Å². The van der Waals surface area contributed by atoms with Crippen molar-refractivity contribution >= 4 is 32.3 Å². The highest BCUT2D eigenvalue weighted by atomic mass is 32.2. The Balaban J connectivity index is 1.48. The van der Waals surface area contributed by atoms with E-state index < -0.39 is 10.1 Å². The number of anilines is 2. The van der Waals surface area contributed by atoms with Crippen molar-refractivity contribution in [2.24, 2.45) is 0 Å². The summed E-state index contributed by atoms with van der Waals surface area (Å²) in [5, 5.41) is 18.2. The van der Waals surface area contributed by atoms with Gasteiger partial charge in [0, 0.05) is 29.9 Å². The summed E-state index contributed by atoms with van der Waals surface area (Å²) in [7, 11) is -4.15. The van der Waals surface area contributed by atoms with Crippen LogP contribution in [0.3, 0.4) is 0 Å². The van der Waals surface area contributed by atoms with Crippen molar-refractivity contribution in [3.63, 3.8) is 0 Å². The molecule has 0 atom stereocenters. The lowest BCUT2D eigenvalue weighted by molar-refractivity contribution is 0.481. The van der Waals surface area contributed by atoms with Gasteiger partial charge in [0.15, 0.2) is 0 Å². The molecule has 0 aliphatic carbocycles. The molecule has 0 saturated carbocycles. The maximum Gasteiger partial charge on any atom is 0.294 e. The number of nitrogens with one attached hydrogen (secondary N) is 2. The number of phenols is 1. The van der Waals surface area contributed by atoms with Crippen molar-refractivity contribution in [3.05, 3.63) is 60.7 Å². The maximum absolute atomic E-state index is 11.0. The van der Waals surface area contributed by atoms with Crippen LogP contribution in [0.1, 0.15) is 6.42 Å². The van der Waals surface area contributed by atoms with E-state index in [1.807, 2.05) is 30.3 Å². The van der Waals surface area contributed by atoms with Gasteiger partial charge in [-0.25, -0.2) is 0 Å². The second-order valence-corrected chi connectivity index (χ2v) is 7.34. The lowest BCUT2D eigenvalue weighted by Gasteiger charge is -2.10. The highest BCUT2D eigenvalue weighted by molar-refractivity contribution is 7.85. The molecule has 0 saturated heterocycles. The minimum absolute atomic E-state index is 0.121. The van der Waals surface area contributed by atoms with E-state index in [0.717, 1.165) is 35.1 Å². The molecule has 0 amide bonds. The Labute approximate surface area is 152 Å². The van der Waals surface area contributed by atoms with Gasteiger partial charge in [0.1, 0.15) is 5.75 Å². The van der Waals surface area contributed by atoms with Gasteiger partial charge in [0.25, 0.3) is 10.1 Å². The number of rotatable bonds is 7. The van der Waals surface area contributed by atoms with Gasteiger partial charge in [0.05, 0.1) is 4.90 Å². The molecule has 0 unspecified atom stereocenters. The van der Waals surface area contributed by atoms with Crippen molar-refractivity contribution in [1.82, 2.24) is 0 Å². The Morgan fingerprint density at radius 1 is 0.846 bits per heavy atom. The van der Waals surface area contributed by atoms with E-state index in [9.17, 15) is 13.5 Å². The Morgan fingerprint density at radius 3 is 2.19 bits per heavy atom. The number of hydrogen-bond acceptors (Lipinski definition) is 5. The predicted octanol–water partition coefficient (Wildman–Crippen LogP) is 3.71. The summed E-state index contributed by atoms with van der Waals surface area (Å²) in [6.45, 7) is 1.45. The molecule has 6 nitrogen and oxygen atoms in total. The Kier molecular flexibility index (Phi) is 5.29. The predicted molar refractivity (Wildman–Crippen MR) is 103 cm³/mol. The topological polar surface area (TPSA) is 98.7 Å². The molecule has 0 radical (unpaired) electrons. The zero-order chi connectivity index (χ0) is 18.6. The third-order valence-electron chi connectivity index (χ3n) is 4.02. The van der Waals surface area contributed by atoms with E-state index in [1.165, 1.54) is 12.1 Å². The summed E-state index contributed by atoms with van der Waals surface area (Å²) in [6.07, 6.45) is 0.846. The molecule has 0 bridgehead atoms. The van der Waals surface area contributed by atoms with Gasteiger partial charge in [0.2, 0.25) is 0 Å². The number of hydrogen-bond donors (Lipinski definition) is 4. The normalized spacial score (nSPS) is 11.4. The zero-order valence-electron chi connectivity index (χ0n) is 14.0. The Morgan fingerprint density at radius 2 is 1.50 bits per heavy atom. The van der Waals surface area contributed by atoms with Gasteiger partial charge >= 0.3 is 0 Å². The van der Waals surface area contributed by atoms with Gasteiger partial charge in [-0.1, -0.05) is 18.2 Å². The molecule has 3 aromatic rings. The second kappa shape index (κ2) is 7.63. The fourth-order valence-corrected chi connectivity index (χ4v) is 3.14.